The van der Waals surface area contributed by atoms with Crippen LogP contribution in [-0.4, -0.2) is 70.9 Å². The quantitative estimate of drug-likeness (QED) is 0.427. The molecule has 1 atom stereocenters. The number of hydrogen-bond acceptors (Lipinski definition) is 6. The van der Waals surface area contributed by atoms with E-state index in [0.717, 1.165) is 30.8 Å². The lowest BCUT2D eigenvalue weighted by atomic mass is 9.95. The van der Waals surface area contributed by atoms with Crippen molar-refractivity contribution in [1.29, 1.82) is 0 Å². The molecular weight excluding hydrogens is 478 g/mol. The fourth-order valence-electron chi connectivity index (χ4n) is 4.65. The first-order valence-electron chi connectivity index (χ1n) is 13.0. The Morgan fingerprint density at radius 3 is 2.58 bits per heavy atom. The van der Waals surface area contributed by atoms with E-state index < -0.39 is 5.92 Å². The Morgan fingerprint density at radius 1 is 1.18 bits per heavy atom. The van der Waals surface area contributed by atoms with Gasteiger partial charge in [-0.15, -0.1) is 0 Å². The molecule has 9 nitrogen and oxygen atoms in total. The number of allylic oxidation sites excluding steroid dienone is 1. The number of pyridine rings is 1. The molecule has 3 heterocycles. The average Bonchev–Trinajstić information content (AvgIpc) is 3.31. The van der Waals surface area contributed by atoms with Crippen molar-refractivity contribution in [3.8, 4) is 11.3 Å². The normalized spacial score (nSPS) is 15.8. The Kier molecular flexibility index (Phi) is 8.48. The first-order valence-corrected chi connectivity index (χ1v) is 13.0. The van der Waals surface area contributed by atoms with Crippen molar-refractivity contribution in [1.82, 2.24) is 30.3 Å². The highest BCUT2D eigenvalue weighted by Crippen LogP contribution is 2.27. The molecule has 3 aromatic rings. The summed E-state index contributed by atoms with van der Waals surface area (Å²) in [7, 11) is 4.06. The van der Waals surface area contributed by atoms with Crippen LogP contribution in [0.15, 0.2) is 53.2 Å². The third kappa shape index (κ3) is 6.06. The van der Waals surface area contributed by atoms with Crippen molar-refractivity contribution >= 4 is 28.6 Å². The molecule has 2 aromatic heterocycles. The molecule has 2 amide bonds. The zero-order valence-corrected chi connectivity index (χ0v) is 23.1. The number of carbonyl (C=O) groups excluding carboxylic acids is 2. The molecule has 0 saturated carbocycles. The molecule has 0 fully saturated rings. The molecule has 0 spiro atoms. The van der Waals surface area contributed by atoms with Crippen molar-refractivity contribution in [3.05, 3.63) is 59.3 Å². The lowest BCUT2D eigenvalue weighted by Gasteiger charge is -2.19. The molecule has 2 N–H and O–H groups in total. The molecule has 4 rings (SSSR count). The van der Waals surface area contributed by atoms with E-state index in [4.69, 9.17) is 4.98 Å². The molecule has 1 unspecified atom stereocenters. The summed E-state index contributed by atoms with van der Waals surface area (Å²) in [5.41, 5.74) is 5.55. The summed E-state index contributed by atoms with van der Waals surface area (Å²) in [6.07, 6.45) is 3.57. The highest BCUT2D eigenvalue weighted by Gasteiger charge is 2.25. The maximum absolute atomic E-state index is 13.5. The summed E-state index contributed by atoms with van der Waals surface area (Å²) in [5.74, 6) is -0.957. The number of nitrogens with one attached hydrogen (secondary N) is 2. The van der Waals surface area contributed by atoms with Crippen LogP contribution in [0.2, 0.25) is 0 Å². The van der Waals surface area contributed by atoms with E-state index in [1.165, 1.54) is 5.56 Å². The Labute approximate surface area is 224 Å². The summed E-state index contributed by atoms with van der Waals surface area (Å²) in [6.45, 7) is 10.7. The predicted molar refractivity (Wildman–Crippen MR) is 151 cm³/mol. The highest BCUT2D eigenvalue weighted by atomic mass is 16.2. The van der Waals surface area contributed by atoms with Gasteiger partial charge in [0.05, 0.1) is 28.8 Å². The topological polar surface area (TPSA) is 105 Å². The first kappa shape index (κ1) is 27.3. The standard InChI is InChI=1S/C29H37N7O2/c1-18(2)36-27-25(16-32-36)23(28(37)31-15-24-19(3)13-20(4)33-29(24)38)14-26(34-27)22-9-7-21(8-10-22)17-35(6)12-11-30-5/h7-10,13-14,16,18,24,30H,11-12,15,17H2,1-6H3,(H,31,37). The number of nitrogens with zero attached hydrogens (tertiary/aromatic N) is 5. The smallest absolute Gasteiger partial charge is 0.254 e. The Hall–Kier alpha value is -3.69. The van der Waals surface area contributed by atoms with Crippen molar-refractivity contribution in [2.24, 2.45) is 10.9 Å². The van der Waals surface area contributed by atoms with Crippen molar-refractivity contribution < 1.29 is 9.59 Å². The van der Waals surface area contributed by atoms with Gasteiger partial charge in [-0.05, 0) is 59.5 Å². The van der Waals surface area contributed by atoms with Gasteiger partial charge in [-0.25, -0.2) is 14.7 Å². The van der Waals surface area contributed by atoms with Gasteiger partial charge in [0.25, 0.3) is 11.8 Å². The van der Waals surface area contributed by atoms with Crippen LogP contribution in [0.5, 0.6) is 0 Å². The highest BCUT2D eigenvalue weighted by molar-refractivity contribution is 6.08. The average molecular weight is 516 g/mol. The van der Waals surface area contributed by atoms with E-state index in [2.05, 4.69) is 44.8 Å². The van der Waals surface area contributed by atoms with Gasteiger partial charge in [0.2, 0.25) is 0 Å². The number of rotatable bonds is 10. The van der Waals surface area contributed by atoms with E-state index in [1.807, 2.05) is 56.8 Å². The molecule has 0 bridgehead atoms. The molecule has 0 saturated heterocycles. The van der Waals surface area contributed by atoms with Crippen LogP contribution < -0.4 is 10.6 Å². The summed E-state index contributed by atoms with van der Waals surface area (Å²) in [5, 5.41) is 11.3. The number of hydrogen-bond donors (Lipinski definition) is 2. The minimum absolute atomic E-state index is 0.0791. The summed E-state index contributed by atoms with van der Waals surface area (Å²) >= 11 is 0. The fraction of sp³-hybridized carbons (Fsp3) is 0.414. The summed E-state index contributed by atoms with van der Waals surface area (Å²) in [6, 6.07) is 10.2. The Morgan fingerprint density at radius 2 is 1.92 bits per heavy atom. The van der Waals surface area contributed by atoms with Crippen molar-refractivity contribution in [3.63, 3.8) is 0 Å². The van der Waals surface area contributed by atoms with Crippen LogP contribution in [0.1, 0.15) is 49.7 Å². The maximum Gasteiger partial charge on any atom is 0.254 e. The molecule has 38 heavy (non-hydrogen) atoms. The number of aliphatic imine (C=N–C) groups is 1. The second-order valence-electron chi connectivity index (χ2n) is 10.3. The third-order valence-electron chi connectivity index (χ3n) is 6.78. The number of carbonyl (C=O) groups is 2. The summed E-state index contributed by atoms with van der Waals surface area (Å²) in [4.78, 5) is 37.1. The van der Waals surface area contributed by atoms with E-state index in [1.54, 1.807) is 13.1 Å². The predicted octanol–water partition coefficient (Wildman–Crippen LogP) is 3.62. The Balaban J connectivity index is 1.62. The van der Waals surface area contributed by atoms with E-state index in [0.29, 0.717) is 28.0 Å². The number of benzene rings is 1. The minimum atomic E-state index is -0.461. The number of likely N-dealkylation sites (N-methyl/N-ethyl adjacent to an activating group) is 2. The molecule has 9 heteroatoms. The molecule has 1 aromatic carbocycles. The van der Waals surface area contributed by atoms with Crippen molar-refractivity contribution in [2.45, 2.75) is 40.3 Å². The zero-order valence-electron chi connectivity index (χ0n) is 23.1. The van der Waals surface area contributed by atoms with Gasteiger partial charge in [0.1, 0.15) is 0 Å². The molecule has 0 aliphatic carbocycles. The summed E-state index contributed by atoms with van der Waals surface area (Å²) < 4.78 is 1.83. The second kappa shape index (κ2) is 11.8. The van der Waals surface area contributed by atoms with E-state index in [-0.39, 0.29) is 24.4 Å². The van der Waals surface area contributed by atoms with Crippen LogP contribution in [-0.2, 0) is 11.3 Å². The largest absolute Gasteiger partial charge is 0.351 e. The number of fused-ring (bicyclic) bond motifs is 1. The van der Waals surface area contributed by atoms with Gasteiger partial charge in [-0.1, -0.05) is 29.8 Å². The number of amides is 2. The lowest BCUT2D eigenvalue weighted by Crippen LogP contribution is -2.34. The first-order chi connectivity index (χ1) is 18.2. The van der Waals surface area contributed by atoms with Gasteiger partial charge in [0.15, 0.2) is 5.65 Å². The van der Waals surface area contributed by atoms with Gasteiger partial charge in [-0.2, -0.15) is 5.10 Å². The van der Waals surface area contributed by atoms with Crippen molar-refractivity contribution in [2.75, 3.05) is 33.7 Å². The van der Waals surface area contributed by atoms with Gasteiger partial charge in [-0.3, -0.25) is 9.59 Å². The van der Waals surface area contributed by atoms with Crippen LogP contribution in [0.3, 0.4) is 0 Å². The monoisotopic (exact) mass is 515 g/mol. The lowest BCUT2D eigenvalue weighted by molar-refractivity contribution is -0.120. The molecule has 0 radical (unpaired) electrons. The molecule has 1 aliphatic heterocycles. The van der Waals surface area contributed by atoms with Gasteiger partial charge >= 0.3 is 0 Å². The molecule has 200 valence electrons. The minimum Gasteiger partial charge on any atom is -0.351 e. The molecule has 1 aliphatic rings. The Bertz CT molecular complexity index is 1390. The van der Waals surface area contributed by atoms with Crippen LogP contribution in [0, 0.1) is 5.92 Å². The third-order valence-corrected chi connectivity index (χ3v) is 6.78. The number of dihydropyridines is 1. The zero-order chi connectivity index (χ0) is 27.4. The second-order valence-corrected chi connectivity index (χ2v) is 10.3. The van der Waals surface area contributed by atoms with Gasteiger partial charge in [0, 0.05) is 43.5 Å². The fourth-order valence-corrected chi connectivity index (χ4v) is 4.65. The van der Waals surface area contributed by atoms with Crippen LogP contribution >= 0.6 is 0 Å². The van der Waals surface area contributed by atoms with E-state index >= 15 is 0 Å². The van der Waals surface area contributed by atoms with Gasteiger partial charge < -0.3 is 15.5 Å². The maximum atomic E-state index is 13.5. The SMILES string of the molecule is CNCCN(C)Cc1ccc(-c2cc(C(=O)NCC3C(=O)N=C(C)C=C3C)c3cnn(C(C)C)c3n2)cc1. The molecular formula is C29H37N7O2. The number of aromatic nitrogens is 3. The van der Waals surface area contributed by atoms with Crippen LogP contribution in [0.4, 0.5) is 0 Å². The van der Waals surface area contributed by atoms with Crippen LogP contribution in [0.25, 0.3) is 22.3 Å². The van der Waals surface area contributed by atoms with E-state index in [9.17, 15) is 9.59 Å².